The van der Waals surface area contributed by atoms with Crippen LogP contribution in [0, 0.1) is 12.8 Å². The highest BCUT2D eigenvalue weighted by molar-refractivity contribution is 5.40. The lowest BCUT2D eigenvalue weighted by Gasteiger charge is -2.33. The number of hydrogen-bond acceptors (Lipinski definition) is 5. The molecule has 1 aliphatic carbocycles. The van der Waals surface area contributed by atoms with Crippen molar-refractivity contribution in [1.82, 2.24) is 19.7 Å². The quantitative estimate of drug-likeness (QED) is 0.856. The summed E-state index contributed by atoms with van der Waals surface area (Å²) in [5.74, 6) is 2.19. The summed E-state index contributed by atoms with van der Waals surface area (Å²) < 4.78 is 1.62. The third-order valence-corrected chi connectivity index (χ3v) is 5.57. The second-order valence-electron chi connectivity index (χ2n) is 7.35. The lowest BCUT2D eigenvalue weighted by molar-refractivity contribution is 0.333. The van der Waals surface area contributed by atoms with Crippen LogP contribution in [-0.2, 0) is 6.54 Å². The average molecular weight is 339 g/mol. The fraction of sp³-hybridized carbons (Fsp3) is 0.579. The Labute approximate surface area is 147 Å². The van der Waals surface area contributed by atoms with E-state index in [0.29, 0.717) is 18.4 Å². The summed E-state index contributed by atoms with van der Waals surface area (Å²) in [5.41, 5.74) is 2.09. The summed E-state index contributed by atoms with van der Waals surface area (Å²) in [4.78, 5) is 23.2. The van der Waals surface area contributed by atoms with Gasteiger partial charge in [0, 0.05) is 43.4 Å². The van der Waals surface area contributed by atoms with Crippen molar-refractivity contribution >= 4 is 5.82 Å². The Balaban J connectivity index is 1.38. The van der Waals surface area contributed by atoms with Gasteiger partial charge in [-0.05, 0) is 44.6 Å². The first-order valence-corrected chi connectivity index (χ1v) is 9.31. The molecule has 6 heteroatoms. The summed E-state index contributed by atoms with van der Waals surface area (Å²) >= 11 is 0. The molecule has 0 N–H and O–H groups in total. The number of aryl methyl sites for hydroxylation is 1. The first kappa shape index (κ1) is 16.2. The second kappa shape index (κ2) is 6.94. The van der Waals surface area contributed by atoms with E-state index in [1.807, 2.05) is 6.92 Å². The minimum Gasteiger partial charge on any atom is -0.356 e. The fourth-order valence-electron chi connectivity index (χ4n) is 3.73. The molecule has 2 aromatic heterocycles. The van der Waals surface area contributed by atoms with Crippen LogP contribution in [0.3, 0.4) is 0 Å². The van der Waals surface area contributed by atoms with Crippen molar-refractivity contribution in [1.29, 1.82) is 0 Å². The molecule has 0 amide bonds. The van der Waals surface area contributed by atoms with E-state index in [0.717, 1.165) is 37.4 Å². The minimum absolute atomic E-state index is 0.00558. The van der Waals surface area contributed by atoms with Gasteiger partial charge in [-0.1, -0.05) is 6.42 Å². The molecular formula is C19H25N5O. The zero-order chi connectivity index (χ0) is 17.2. The molecule has 0 aromatic carbocycles. The Morgan fingerprint density at radius 2 is 1.92 bits per heavy atom. The van der Waals surface area contributed by atoms with E-state index in [4.69, 9.17) is 0 Å². The number of aromatic nitrogens is 4. The molecule has 6 nitrogen and oxygen atoms in total. The van der Waals surface area contributed by atoms with Crippen LogP contribution < -0.4 is 10.5 Å². The predicted octanol–water partition coefficient (Wildman–Crippen LogP) is 2.53. The smallest absolute Gasteiger partial charge is 0.266 e. The molecule has 0 spiro atoms. The van der Waals surface area contributed by atoms with Crippen molar-refractivity contribution in [2.24, 2.45) is 5.92 Å². The number of piperidine rings is 1. The Kier molecular flexibility index (Phi) is 4.51. The molecule has 132 valence electrons. The van der Waals surface area contributed by atoms with Crippen molar-refractivity contribution in [3.63, 3.8) is 0 Å². The zero-order valence-electron chi connectivity index (χ0n) is 14.8. The van der Waals surface area contributed by atoms with E-state index < -0.39 is 0 Å². The van der Waals surface area contributed by atoms with E-state index in [9.17, 15) is 4.79 Å². The summed E-state index contributed by atoms with van der Waals surface area (Å²) in [6.07, 6.45) is 7.68. The van der Waals surface area contributed by atoms with Crippen LogP contribution in [0.15, 0.2) is 29.3 Å². The van der Waals surface area contributed by atoms with Crippen molar-refractivity contribution in [3.05, 3.63) is 46.3 Å². The van der Waals surface area contributed by atoms with Crippen LogP contribution >= 0.6 is 0 Å². The SMILES string of the molecule is Cc1ccc(=O)n(CC2CCN(c3cc(C4CCC4)ncn3)CC2)n1. The van der Waals surface area contributed by atoms with Crippen molar-refractivity contribution in [2.45, 2.75) is 51.5 Å². The van der Waals surface area contributed by atoms with Crippen LogP contribution in [0.4, 0.5) is 5.82 Å². The minimum atomic E-state index is -0.00558. The molecule has 1 saturated heterocycles. The van der Waals surface area contributed by atoms with Gasteiger partial charge >= 0.3 is 0 Å². The van der Waals surface area contributed by atoms with Gasteiger partial charge in [0.15, 0.2) is 0 Å². The number of anilines is 1. The van der Waals surface area contributed by atoms with Crippen LogP contribution in [0.2, 0.25) is 0 Å². The van der Waals surface area contributed by atoms with E-state index >= 15 is 0 Å². The van der Waals surface area contributed by atoms with Gasteiger partial charge in [-0.2, -0.15) is 5.10 Å². The van der Waals surface area contributed by atoms with Gasteiger partial charge in [-0.15, -0.1) is 0 Å². The van der Waals surface area contributed by atoms with Gasteiger partial charge in [0.1, 0.15) is 12.1 Å². The molecule has 2 aromatic rings. The largest absolute Gasteiger partial charge is 0.356 e. The highest BCUT2D eigenvalue weighted by Crippen LogP contribution is 2.36. The van der Waals surface area contributed by atoms with Gasteiger partial charge in [-0.25, -0.2) is 14.6 Å². The molecule has 3 heterocycles. The molecular weight excluding hydrogens is 314 g/mol. The third kappa shape index (κ3) is 3.57. The monoisotopic (exact) mass is 339 g/mol. The Hall–Kier alpha value is -2.24. The highest BCUT2D eigenvalue weighted by Gasteiger charge is 2.24. The van der Waals surface area contributed by atoms with Crippen molar-refractivity contribution in [3.8, 4) is 0 Å². The lowest BCUT2D eigenvalue weighted by Crippen LogP contribution is -2.37. The third-order valence-electron chi connectivity index (χ3n) is 5.57. The molecule has 1 aliphatic heterocycles. The number of rotatable bonds is 4. The standard InChI is InChI=1S/C19H25N5O/c1-14-5-6-19(25)24(22-14)12-15-7-9-23(10-8-15)18-11-17(20-13-21-18)16-3-2-4-16/h5-6,11,13,15-16H,2-4,7-10,12H2,1H3. The predicted molar refractivity (Wildman–Crippen MR) is 96.8 cm³/mol. The molecule has 0 radical (unpaired) electrons. The van der Waals surface area contributed by atoms with E-state index in [2.05, 4.69) is 26.0 Å². The fourth-order valence-corrected chi connectivity index (χ4v) is 3.73. The summed E-state index contributed by atoms with van der Waals surface area (Å²) in [6, 6.07) is 5.56. The topological polar surface area (TPSA) is 63.9 Å². The molecule has 0 atom stereocenters. The molecule has 4 rings (SSSR count). The van der Waals surface area contributed by atoms with Gasteiger partial charge in [-0.3, -0.25) is 4.79 Å². The molecule has 0 bridgehead atoms. The molecule has 0 unspecified atom stereocenters. The van der Waals surface area contributed by atoms with Gasteiger partial charge < -0.3 is 4.90 Å². The Bertz CT molecular complexity index is 790. The maximum absolute atomic E-state index is 11.9. The van der Waals surface area contributed by atoms with Crippen molar-refractivity contribution < 1.29 is 0 Å². The van der Waals surface area contributed by atoms with Crippen LogP contribution in [-0.4, -0.2) is 32.8 Å². The van der Waals surface area contributed by atoms with Crippen molar-refractivity contribution in [2.75, 3.05) is 18.0 Å². The Morgan fingerprint density at radius 1 is 1.12 bits per heavy atom. The summed E-state index contributed by atoms with van der Waals surface area (Å²) in [7, 11) is 0. The van der Waals surface area contributed by atoms with Crippen LogP contribution in [0.25, 0.3) is 0 Å². The normalized spacial score (nSPS) is 19.0. The van der Waals surface area contributed by atoms with Crippen LogP contribution in [0.5, 0.6) is 0 Å². The Morgan fingerprint density at radius 3 is 2.64 bits per heavy atom. The van der Waals surface area contributed by atoms with E-state index in [1.54, 1.807) is 23.1 Å². The maximum Gasteiger partial charge on any atom is 0.266 e. The number of hydrogen-bond donors (Lipinski definition) is 0. The first-order chi connectivity index (χ1) is 12.2. The molecule has 2 aliphatic rings. The average Bonchev–Trinajstić information content (AvgIpc) is 2.58. The van der Waals surface area contributed by atoms with E-state index in [-0.39, 0.29) is 5.56 Å². The van der Waals surface area contributed by atoms with E-state index in [1.165, 1.54) is 25.0 Å². The molecule has 1 saturated carbocycles. The number of nitrogens with zero attached hydrogens (tertiary/aromatic N) is 5. The maximum atomic E-state index is 11.9. The van der Waals surface area contributed by atoms with Gasteiger partial charge in [0.05, 0.1) is 5.69 Å². The van der Waals surface area contributed by atoms with Gasteiger partial charge in [0.2, 0.25) is 0 Å². The summed E-state index contributed by atoms with van der Waals surface area (Å²) in [5, 5.41) is 4.36. The lowest BCUT2D eigenvalue weighted by atomic mass is 9.83. The van der Waals surface area contributed by atoms with Gasteiger partial charge in [0.25, 0.3) is 5.56 Å². The molecule has 2 fully saturated rings. The first-order valence-electron chi connectivity index (χ1n) is 9.31. The van der Waals surface area contributed by atoms with Crippen LogP contribution in [0.1, 0.15) is 49.4 Å². The molecule has 25 heavy (non-hydrogen) atoms. The second-order valence-corrected chi connectivity index (χ2v) is 7.35. The highest BCUT2D eigenvalue weighted by atomic mass is 16.1. The zero-order valence-corrected chi connectivity index (χ0v) is 14.8. The summed E-state index contributed by atoms with van der Waals surface area (Å²) in [6.45, 7) is 4.59.